The summed E-state index contributed by atoms with van der Waals surface area (Å²) in [6, 6.07) is 5.13. The van der Waals surface area contributed by atoms with Gasteiger partial charge in [0.25, 0.3) is 0 Å². The molecule has 2 N–H and O–H groups in total. The molecule has 0 radical (unpaired) electrons. The molecule has 1 aromatic rings. The van der Waals surface area contributed by atoms with Crippen molar-refractivity contribution < 1.29 is 0 Å². The molecule has 0 unspecified atom stereocenters. The van der Waals surface area contributed by atoms with Gasteiger partial charge in [-0.25, -0.2) is 0 Å². The molecule has 0 saturated carbocycles. The van der Waals surface area contributed by atoms with Crippen molar-refractivity contribution in [1.29, 1.82) is 0 Å². The van der Waals surface area contributed by atoms with Gasteiger partial charge in [0.1, 0.15) is 0 Å². The molecule has 0 aliphatic rings. The molecule has 0 aliphatic carbocycles. The van der Waals surface area contributed by atoms with E-state index in [1.165, 1.54) is 28.7 Å². The van der Waals surface area contributed by atoms with Crippen molar-refractivity contribution in [3.8, 4) is 0 Å². The minimum absolute atomic E-state index is 0.589. The fourth-order valence-electron chi connectivity index (χ4n) is 2.31. The van der Waals surface area contributed by atoms with E-state index in [0.29, 0.717) is 6.04 Å². The van der Waals surface area contributed by atoms with E-state index in [-0.39, 0.29) is 0 Å². The number of rotatable bonds is 7. The van der Waals surface area contributed by atoms with E-state index in [0.717, 1.165) is 19.6 Å². The van der Waals surface area contributed by atoms with Gasteiger partial charge in [-0.3, -0.25) is 0 Å². The lowest BCUT2D eigenvalue weighted by atomic mass is 10.00. The minimum atomic E-state index is 0.589. The maximum atomic E-state index is 3.54. The molecule has 0 amide bonds. The van der Waals surface area contributed by atoms with Crippen LogP contribution in [0.5, 0.6) is 0 Å². The molecular formula is C16H28N2. The molecule has 1 rings (SSSR count). The Balaban J connectivity index is 2.31. The van der Waals surface area contributed by atoms with Gasteiger partial charge in [-0.05, 0) is 57.0 Å². The zero-order chi connectivity index (χ0) is 13.5. The van der Waals surface area contributed by atoms with Crippen molar-refractivity contribution in [2.45, 2.75) is 53.6 Å². The van der Waals surface area contributed by atoms with Gasteiger partial charge in [0.2, 0.25) is 0 Å². The average molecular weight is 248 g/mol. The van der Waals surface area contributed by atoms with Crippen LogP contribution in [0.2, 0.25) is 0 Å². The quantitative estimate of drug-likeness (QED) is 0.725. The number of benzene rings is 1. The Morgan fingerprint density at radius 3 is 2.17 bits per heavy atom. The van der Waals surface area contributed by atoms with Gasteiger partial charge in [0, 0.05) is 12.6 Å². The number of nitrogens with one attached hydrogen (secondary N) is 2. The van der Waals surface area contributed by atoms with Crippen molar-refractivity contribution in [1.82, 2.24) is 10.6 Å². The molecule has 0 heterocycles. The van der Waals surface area contributed by atoms with Crippen molar-refractivity contribution >= 4 is 0 Å². The summed E-state index contributed by atoms with van der Waals surface area (Å²) in [5.74, 6) is 0. The Labute approximate surface area is 112 Å². The molecule has 0 aliphatic heterocycles. The first-order valence-corrected chi connectivity index (χ1v) is 7.01. The third-order valence-corrected chi connectivity index (χ3v) is 3.23. The number of aryl methyl sites for hydroxylation is 3. The standard InChI is InChI=1S/C16H28N2/c1-12(2)18-8-6-7-17-11-16-14(4)9-13(3)10-15(16)5/h9-10,12,17-18H,6-8,11H2,1-5H3. The Morgan fingerprint density at radius 2 is 1.61 bits per heavy atom. The maximum Gasteiger partial charge on any atom is 0.0210 e. The van der Waals surface area contributed by atoms with Crippen LogP contribution in [0.25, 0.3) is 0 Å². The molecule has 0 fully saturated rings. The molecule has 0 spiro atoms. The predicted molar refractivity (Wildman–Crippen MR) is 80.1 cm³/mol. The monoisotopic (exact) mass is 248 g/mol. The van der Waals surface area contributed by atoms with E-state index in [4.69, 9.17) is 0 Å². The Bertz CT molecular complexity index is 346. The van der Waals surface area contributed by atoms with E-state index < -0.39 is 0 Å². The first-order chi connectivity index (χ1) is 8.50. The predicted octanol–water partition coefficient (Wildman–Crippen LogP) is 3.09. The molecule has 2 nitrogen and oxygen atoms in total. The SMILES string of the molecule is Cc1cc(C)c(CNCCCNC(C)C)c(C)c1. The fraction of sp³-hybridized carbons (Fsp3) is 0.625. The minimum Gasteiger partial charge on any atom is -0.314 e. The normalized spacial score (nSPS) is 11.2. The topological polar surface area (TPSA) is 24.1 Å². The highest BCUT2D eigenvalue weighted by Crippen LogP contribution is 2.15. The van der Waals surface area contributed by atoms with Crippen LogP contribution in [-0.2, 0) is 6.54 Å². The van der Waals surface area contributed by atoms with Crippen molar-refractivity contribution in [2.75, 3.05) is 13.1 Å². The highest BCUT2D eigenvalue weighted by molar-refractivity contribution is 5.37. The summed E-state index contributed by atoms with van der Waals surface area (Å²) in [4.78, 5) is 0. The highest BCUT2D eigenvalue weighted by atomic mass is 14.9. The van der Waals surface area contributed by atoms with E-state index in [1.807, 2.05) is 0 Å². The lowest BCUT2D eigenvalue weighted by Crippen LogP contribution is -2.27. The van der Waals surface area contributed by atoms with Gasteiger partial charge in [0.15, 0.2) is 0 Å². The summed E-state index contributed by atoms with van der Waals surface area (Å²) >= 11 is 0. The van der Waals surface area contributed by atoms with Gasteiger partial charge in [-0.2, -0.15) is 0 Å². The zero-order valence-electron chi connectivity index (χ0n) is 12.6. The molecule has 0 atom stereocenters. The molecule has 18 heavy (non-hydrogen) atoms. The van der Waals surface area contributed by atoms with Crippen molar-refractivity contribution in [3.05, 3.63) is 34.4 Å². The van der Waals surface area contributed by atoms with Crippen LogP contribution in [0.4, 0.5) is 0 Å². The molecule has 1 aromatic carbocycles. The second-order valence-corrected chi connectivity index (χ2v) is 5.52. The van der Waals surface area contributed by atoms with Gasteiger partial charge in [0.05, 0.1) is 0 Å². The van der Waals surface area contributed by atoms with Crippen molar-refractivity contribution in [3.63, 3.8) is 0 Å². The van der Waals surface area contributed by atoms with E-state index in [2.05, 4.69) is 57.4 Å². The third kappa shape index (κ3) is 5.19. The van der Waals surface area contributed by atoms with Crippen LogP contribution in [0, 0.1) is 20.8 Å². The second-order valence-electron chi connectivity index (χ2n) is 5.52. The first-order valence-electron chi connectivity index (χ1n) is 7.01. The summed E-state index contributed by atoms with van der Waals surface area (Å²) in [5.41, 5.74) is 5.62. The van der Waals surface area contributed by atoms with Crippen LogP contribution < -0.4 is 10.6 Å². The molecule has 0 saturated heterocycles. The summed E-state index contributed by atoms with van der Waals surface area (Å²) in [6.07, 6.45) is 1.18. The maximum absolute atomic E-state index is 3.54. The lowest BCUT2D eigenvalue weighted by Gasteiger charge is -2.13. The number of hydrogen-bond acceptors (Lipinski definition) is 2. The number of hydrogen-bond donors (Lipinski definition) is 2. The van der Waals surface area contributed by atoms with Crippen molar-refractivity contribution in [2.24, 2.45) is 0 Å². The smallest absolute Gasteiger partial charge is 0.0210 e. The molecular weight excluding hydrogens is 220 g/mol. The average Bonchev–Trinajstić information content (AvgIpc) is 2.25. The molecule has 2 heteroatoms. The van der Waals surface area contributed by atoms with E-state index >= 15 is 0 Å². The largest absolute Gasteiger partial charge is 0.314 e. The van der Waals surface area contributed by atoms with Crippen LogP contribution in [-0.4, -0.2) is 19.1 Å². The van der Waals surface area contributed by atoms with Gasteiger partial charge >= 0.3 is 0 Å². The van der Waals surface area contributed by atoms with Gasteiger partial charge in [-0.1, -0.05) is 31.5 Å². The summed E-state index contributed by atoms with van der Waals surface area (Å²) in [6.45, 7) is 14.1. The summed E-state index contributed by atoms with van der Waals surface area (Å²) < 4.78 is 0. The summed E-state index contributed by atoms with van der Waals surface area (Å²) in [5, 5.41) is 6.97. The van der Waals surface area contributed by atoms with Crippen LogP contribution >= 0.6 is 0 Å². The van der Waals surface area contributed by atoms with E-state index in [9.17, 15) is 0 Å². The van der Waals surface area contributed by atoms with Gasteiger partial charge in [-0.15, -0.1) is 0 Å². The second kappa shape index (κ2) is 7.55. The Morgan fingerprint density at radius 1 is 1.00 bits per heavy atom. The zero-order valence-corrected chi connectivity index (χ0v) is 12.6. The fourth-order valence-corrected chi connectivity index (χ4v) is 2.31. The molecule has 0 bridgehead atoms. The Hall–Kier alpha value is -0.860. The Kier molecular flexibility index (Phi) is 6.37. The van der Waals surface area contributed by atoms with Crippen LogP contribution in [0.3, 0.4) is 0 Å². The van der Waals surface area contributed by atoms with Crippen LogP contribution in [0.15, 0.2) is 12.1 Å². The lowest BCUT2D eigenvalue weighted by molar-refractivity contribution is 0.547. The summed E-state index contributed by atoms with van der Waals surface area (Å²) in [7, 11) is 0. The molecule has 102 valence electrons. The first kappa shape index (κ1) is 15.2. The highest BCUT2D eigenvalue weighted by Gasteiger charge is 2.03. The molecule has 0 aromatic heterocycles. The van der Waals surface area contributed by atoms with Crippen LogP contribution in [0.1, 0.15) is 42.5 Å². The van der Waals surface area contributed by atoms with E-state index in [1.54, 1.807) is 0 Å². The van der Waals surface area contributed by atoms with Gasteiger partial charge < -0.3 is 10.6 Å². The third-order valence-electron chi connectivity index (χ3n) is 3.23.